The van der Waals surface area contributed by atoms with E-state index in [2.05, 4.69) is 30.7 Å². The highest BCUT2D eigenvalue weighted by atomic mass is 32.1. The number of nitrogens with zero attached hydrogens (tertiary/aromatic N) is 3. The van der Waals surface area contributed by atoms with E-state index in [1.54, 1.807) is 18.2 Å². The third-order valence-electron chi connectivity index (χ3n) is 6.94. The van der Waals surface area contributed by atoms with E-state index in [0.29, 0.717) is 29.5 Å². The number of piperazine rings is 1. The Morgan fingerprint density at radius 3 is 2.37 bits per heavy atom. The number of benzene rings is 2. The minimum atomic E-state index is -0.718. The lowest BCUT2D eigenvalue weighted by Gasteiger charge is -2.34. The van der Waals surface area contributed by atoms with E-state index < -0.39 is 17.7 Å². The lowest BCUT2D eigenvalue weighted by atomic mass is 9.99. The van der Waals surface area contributed by atoms with E-state index in [4.69, 9.17) is 4.74 Å². The smallest absolute Gasteiger partial charge is 0.300 e. The summed E-state index contributed by atoms with van der Waals surface area (Å²) >= 11 is 1.45. The molecule has 2 fully saturated rings. The number of anilines is 2. The van der Waals surface area contributed by atoms with Crippen LogP contribution in [0.15, 0.2) is 71.6 Å². The number of rotatable bonds is 7. The van der Waals surface area contributed by atoms with Crippen molar-refractivity contribution < 1.29 is 19.4 Å². The molecule has 0 saturated carbocycles. The molecule has 5 rings (SSSR count). The van der Waals surface area contributed by atoms with Gasteiger partial charge in [0, 0.05) is 48.0 Å². The van der Waals surface area contributed by atoms with Crippen LogP contribution in [0.3, 0.4) is 0 Å². The first-order chi connectivity index (χ1) is 18.3. The molecule has 8 heteroatoms. The van der Waals surface area contributed by atoms with Crippen LogP contribution >= 0.6 is 11.3 Å². The van der Waals surface area contributed by atoms with Crippen molar-refractivity contribution in [3.05, 3.63) is 82.1 Å². The van der Waals surface area contributed by atoms with Crippen LogP contribution in [0.4, 0.5) is 11.4 Å². The number of amides is 1. The van der Waals surface area contributed by atoms with Gasteiger partial charge in [0.1, 0.15) is 17.6 Å². The highest BCUT2D eigenvalue weighted by Crippen LogP contribution is 2.44. The molecule has 3 heterocycles. The van der Waals surface area contributed by atoms with Crippen molar-refractivity contribution in [3.63, 3.8) is 0 Å². The fraction of sp³-hybridized carbons (Fsp3) is 0.333. The number of Topliss-reactive ketones (excluding diaryl/α,β-unsaturated/α-hetero) is 1. The third-order valence-corrected chi connectivity index (χ3v) is 7.87. The van der Waals surface area contributed by atoms with Crippen LogP contribution in [0.5, 0.6) is 5.75 Å². The lowest BCUT2D eigenvalue weighted by molar-refractivity contribution is -0.132. The average Bonchev–Trinajstić information content (AvgIpc) is 3.54. The SMILES string of the molecule is CC(C)COc1cccc(/C(O)=C2/C(=O)C(=O)N(c3ccc(N4CCN(C)CC4)cc3)C2c2cccs2)c1. The summed E-state index contributed by atoms with van der Waals surface area (Å²) in [6.45, 7) is 8.53. The van der Waals surface area contributed by atoms with Crippen molar-refractivity contribution in [3.8, 4) is 5.75 Å². The minimum absolute atomic E-state index is 0.0848. The normalized spacial score (nSPS) is 19.9. The van der Waals surface area contributed by atoms with Gasteiger partial charge in [-0.15, -0.1) is 11.3 Å². The van der Waals surface area contributed by atoms with Gasteiger partial charge in [-0.2, -0.15) is 0 Å². The second kappa shape index (κ2) is 11.0. The second-order valence-corrected chi connectivity index (χ2v) is 11.2. The van der Waals surface area contributed by atoms with E-state index in [1.807, 2.05) is 47.8 Å². The molecule has 2 aromatic carbocycles. The molecule has 38 heavy (non-hydrogen) atoms. The highest BCUT2D eigenvalue weighted by Gasteiger charge is 2.47. The first-order valence-electron chi connectivity index (χ1n) is 12.9. The van der Waals surface area contributed by atoms with Gasteiger partial charge < -0.3 is 19.6 Å². The van der Waals surface area contributed by atoms with Crippen molar-refractivity contribution in [2.75, 3.05) is 49.6 Å². The fourth-order valence-electron chi connectivity index (χ4n) is 4.86. The molecule has 7 nitrogen and oxygen atoms in total. The zero-order valence-corrected chi connectivity index (χ0v) is 22.8. The van der Waals surface area contributed by atoms with Crippen LogP contribution in [0, 0.1) is 5.92 Å². The summed E-state index contributed by atoms with van der Waals surface area (Å²) in [5.41, 5.74) is 2.23. The maximum Gasteiger partial charge on any atom is 0.300 e. The van der Waals surface area contributed by atoms with Crippen molar-refractivity contribution in [2.45, 2.75) is 19.9 Å². The minimum Gasteiger partial charge on any atom is -0.507 e. The summed E-state index contributed by atoms with van der Waals surface area (Å²) in [7, 11) is 2.12. The van der Waals surface area contributed by atoms with Gasteiger partial charge in [-0.25, -0.2) is 0 Å². The number of aliphatic hydroxyl groups is 1. The number of ketones is 1. The molecule has 2 aliphatic rings. The van der Waals surface area contributed by atoms with Crippen molar-refractivity contribution in [1.82, 2.24) is 4.90 Å². The Kier molecular flexibility index (Phi) is 7.53. The zero-order chi connectivity index (χ0) is 26.8. The van der Waals surface area contributed by atoms with Crippen LogP contribution < -0.4 is 14.5 Å². The van der Waals surface area contributed by atoms with Gasteiger partial charge in [0.25, 0.3) is 11.7 Å². The molecule has 2 saturated heterocycles. The molecule has 0 aliphatic carbocycles. The molecule has 2 aliphatic heterocycles. The van der Waals surface area contributed by atoms with E-state index in [-0.39, 0.29) is 11.3 Å². The Morgan fingerprint density at radius 1 is 1.00 bits per heavy atom. The molecule has 1 unspecified atom stereocenters. The number of hydrogen-bond acceptors (Lipinski definition) is 7. The quantitative estimate of drug-likeness (QED) is 0.258. The summed E-state index contributed by atoms with van der Waals surface area (Å²) in [5.74, 6) is -0.599. The lowest BCUT2D eigenvalue weighted by Crippen LogP contribution is -2.44. The number of thiophene rings is 1. The first kappa shape index (κ1) is 26.0. The summed E-state index contributed by atoms with van der Waals surface area (Å²) in [5, 5.41) is 13.3. The van der Waals surface area contributed by atoms with E-state index in [9.17, 15) is 14.7 Å². The molecule has 1 N–H and O–H groups in total. The van der Waals surface area contributed by atoms with Crippen LogP contribution in [0.1, 0.15) is 30.3 Å². The molecule has 0 radical (unpaired) electrons. The zero-order valence-electron chi connectivity index (χ0n) is 22.0. The Balaban J connectivity index is 1.51. The number of hydrogen-bond donors (Lipinski definition) is 1. The Labute approximate surface area is 227 Å². The highest BCUT2D eigenvalue weighted by molar-refractivity contribution is 7.10. The van der Waals surface area contributed by atoms with Gasteiger partial charge in [-0.05, 0) is 60.8 Å². The van der Waals surface area contributed by atoms with Gasteiger partial charge in [0.2, 0.25) is 0 Å². The summed E-state index contributed by atoms with van der Waals surface area (Å²) in [6, 6.07) is 17.9. The third kappa shape index (κ3) is 5.19. The molecule has 3 aromatic rings. The molecular weight excluding hydrogens is 498 g/mol. The number of aliphatic hydroxyl groups excluding tert-OH is 1. The van der Waals surface area contributed by atoms with Gasteiger partial charge in [-0.1, -0.05) is 32.0 Å². The first-order valence-corrected chi connectivity index (χ1v) is 13.8. The molecule has 1 amide bonds. The second-order valence-electron chi connectivity index (χ2n) is 10.2. The molecule has 1 atom stereocenters. The number of ether oxygens (including phenoxy) is 1. The largest absolute Gasteiger partial charge is 0.507 e. The Morgan fingerprint density at radius 2 is 1.71 bits per heavy atom. The van der Waals surface area contributed by atoms with Crippen molar-refractivity contribution >= 4 is 40.2 Å². The van der Waals surface area contributed by atoms with Crippen LogP contribution in [-0.2, 0) is 9.59 Å². The average molecular weight is 532 g/mol. The maximum absolute atomic E-state index is 13.4. The van der Waals surface area contributed by atoms with Crippen molar-refractivity contribution in [1.29, 1.82) is 0 Å². The molecule has 0 spiro atoms. The fourth-order valence-corrected chi connectivity index (χ4v) is 5.68. The van der Waals surface area contributed by atoms with E-state index in [1.165, 1.54) is 16.2 Å². The summed E-state index contributed by atoms with van der Waals surface area (Å²) in [6.07, 6.45) is 0. The molecule has 1 aromatic heterocycles. The van der Waals surface area contributed by atoms with Crippen molar-refractivity contribution in [2.24, 2.45) is 5.92 Å². The molecule has 198 valence electrons. The number of carbonyl (C=O) groups is 2. The Bertz CT molecular complexity index is 1330. The topological polar surface area (TPSA) is 73.3 Å². The molecule has 0 bridgehead atoms. The number of likely N-dealkylation sites (N-methyl/N-ethyl adjacent to an activating group) is 1. The molecular formula is C30H33N3O4S. The van der Waals surface area contributed by atoms with Crippen LogP contribution in [0.25, 0.3) is 5.76 Å². The summed E-state index contributed by atoms with van der Waals surface area (Å²) in [4.78, 5) is 33.8. The van der Waals surface area contributed by atoms with Gasteiger partial charge in [0.05, 0.1) is 12.2 Å². The predicted molar refractivity (Wildman–Crippen MR) is 152 cm³/mol. The van der Waals surface area contributed by atoms with Gasteiger partial charge in [-0.3, -0.25) is 14.5 Å². The maximum atomic E-state index is 13.4. The number of carbonyl (C=O) groups excluding carboxylic acids is 2. The van der Waals surface area contributed by atoms with Gasteiger partial charge >= 0.3 is 0 Å². The van der Waals surface area contributed by atoms with Gasteiger partial charge in [0.15, 0.2) is 0 Å². The summed E-state index contributed by atoms with van der Waals surface area (Å²) < 4.78 is 5.82. The van der Waals surface area contributed by atoms with E-state index in [0.717, 1.165) is 36.7 Å². The Hall–Kier alpha value is -3.62. The standard InChI is InChI=1S/C30H33N3O4S/c1-20(2)19-37-24-7-4-6-21(18-24)28(34)26-27(25-8-5-17-38-25)33(30(36)29(26)35)23-11-9-22(10-12-23)32-15-13-31(3)14-16-32/h4-12,17-18,20,27,34H,13-16,19H2,1-3H3/b28-26-. The monoisotopic (exact) mass is 531 g/mol. The van der Waals surface area contributed by atoms with E-state index >= 15 is 0 Å². The predicted octanol–water partition coefficient (Wildman–Crippen LogP) is 5.16. The van der Waals surface area contributed by atoms with Crippen LogP contribution in [0.2, 0.25) is 0 Å². The van der Waals surface area contributed by atoms with Crippen LogP contribution in [-0.4, -0.2) is 61.5 Å².